The fraction of sp³-hybridized carbons (Fsp3) is 0.533. The van der Waals surface area contributed by atoms with Gasteiger partial charge in [-0.3, -0.25) is 0 Å². The molecule has 0 spiro atoms. The standard InChI is InChI=1S/C15H19FN2S/c1-10-5-3-2-4-6-13(10)18-14-9-11(16)7-8-12(14)17-15(18)19/h7-10,13H,2-6H2,1H3,(H,17,19). The molecule has 1 heterocycles. The Kier molecular flexibility index (Phi) is 3.44. The third-order valence-electron chi connectivity index (χ3n) is 4.33. The van der Waals surface area contributed by atoms with Crippen molar-refractivity contribution >= 4 is 23.3 Å². The lowest BCUT2D eigenvalue weighted by atomic mass is 9.96. The first-order chi connectivity index (χ1) is 9.16. The van der Waals surface area contributed by atoms with Crippen LogP contribution in [0.5, 0.6) is 0 Å². The molecule has 0 bridgehead atoms. The van der Waals surface area contributed by atoms with Crippen LogP contribution in [-0.4, -0.2) is 9.55 Å². The van der Waals surface area contributed by atoms with Gasteiger partial charge in [0.05, 0.1) is 11.0 Å². The summed E-state index contributed by atoms with van der Waals surface area (Å²) in [7, 11) is 0. The summed E-state index contributed by atoms with van der Waals surface area (Å²) >= 11 is 5.46. The summed E-state index contributed by atoms with van der Waals surface area (Å²) in [5, 5.41) is 0. The average molecular weight is 278 g/mol. The van der Waals surface area contributed by atoms with Crippen LogP contribution in [0.4, 0.5) is 4.39 Å². The number of nitrogens with zero attached hydrogens (tertiary/aromatic N) is 1. The molecule has 2 nitrogen and oxygen atoms in total. The molecule has 1 aromatic carbocycles. The minimum Gasteiger partial charge on any atom is -0.331 e. The summed E-state index contributed by atoms with van der Waals surface area (Å²) in [6, 6.07) is 5.25. The van der Waals surface area contributed by atoms with Gasteiger partial charge in [0.25, 0.3) is 0 Å². The molecule has 102 valence electrons. The van der Waals surface area contributed by atoms with Crippen molar-refractivity contribution in [3.05, 3.63) is 28.8 Å². The summed E-state index contributed by atoms with van der Waals surface area (Å²) < 4.78 is 16.4. The molecule has 3 rings (SSSR count). The second-order valence-corrected chi connectivity index (χ2v) is 6.03. The first-order valence-corrected chi connectivity index (χ1v) is 7.47. The Balaban J connectivity index is 2.15. The number of hydrogen-bond donors (Lipinski definition) is 1. The Morgan fingerprint density at radius 2 is 2.05 bits per heavy atom. The third-order valence-corrected chi connectivity index (χ3v) is 4.63. The van der Waals surface area contributed by atoms with E-state index in [-0.39, 0.29) is 5.82 Å². The van der Waals surface area contributed by atoms with Gasteiger partial charge >= 0.3 is 0 Å². The largest absolute Gasteiger partial charge is 0.331 e. The van der Waals surface area contributed by atoms with E-state index in [9.17, 15) is 4.39 Å². The summed E-state index contributed by atoms with van der Waals surface area (Å²) in [5.74, 6) is 0.396. The van der Waals surface area contributed by atoms with Gasteiger partial charge in [-0.2, -0.15) is 0 Å². The Bertz CT molecular complexity index is 643. The minimum absolute atomic E-state index is 0.198. The highest BCUT2D eigenvalue weighted by atomic mass is 32.1. The molecule has 4 heteroatoms. The van der Waals surface area contributed by atoms with Crippen LogP contribution in [0.15, 0.2) is 18.2 Å². The zero-order chi connectivity index (χ0) is 13.4. The zero-order valence-corrected chi connectivity index (χ0v) is 12.0. The van der Waals surface area contributed by atoms with Crippen LogP contribution in [-0.2, 0) is 0 Å². The van der Waals surface area contributed by atoms with Crippen LogP contribution in [0.1, 0.15) is 45.1 Å². The number of nitrogens with one attached hydrogen (secondary N) is 1. The number of aromatic nitrogens is 2. The highest BCUT2D eigenvalue weighted by molar-refractivity contribution is 7.71. The molecular formula is C15H19FN2S. The minimum atomic E-state index is -0.198. The predicted molar refractivity (Wildman–Crippen MR) is 78.4 cm³/mol. The van der Waals surface area contributed by atoms with Crippen molar-refractivity contribution in [3.63, 3.8) is 0 Å². The summed E-state index contributed by atoms with van der Waals surface area (Å²) in [4.78, 5) is 3.20. The van der Waals surface area contributed by atoms with Crippen molar-refractivity contribution in [2.24, 2.45) is 5.92 Å². The van der Waals surface area contributed by atoms with E-state index in [1.165, 1.54) is 31.7 Å². The molecule has 0 saturated heterocycles. The lowest BCUT2D eigenvalue weighted by Gasteiger charge is -2.23. The van der Waals surface area contributed by atoms with Crippen molar-refractivity contribution < 1.29 is 4.39 Å². The number of benzene rings is 1. The van der Waals surface area contributed by atoms with Gasteiger partial charge in [0.1, 0.15) is 5.82 Å². The van der Waals surface area contributed by atoms with Crippen molar-refractivity contribution in [3.8, 4) is 0 Å². The van der Waals surface area contributed by atoms with Gasteiger partial charge in [0.2, 0.25) is 0 Å². The second kappa shape index (κ2) is 5.08. The average Bonchev–Trinajstić information content (AvgIpc) is 2.55. The quantitative estimate of drug-likeness (QED) is 0.576. The number of halogens is 1. The van der Waals surface area contributed by atoms with E-state index in [1.54, 1.807) is 12.1 Å². The molecule has 2 aromatic rings. The van der Waals surface area contributed by atoms with E-state index in [0.717, 1.165) is 22.2 Å². The van der Waals surface area contributed by atoms with Crippen LogP contribution < -0.4 is 0 Å². The normalized spacial score (nSPS) is 24.5. The van der Waals surface area contributed by atoms with Gasteiger partial charge < -0.3 is 9.55 Å². The summed E-state index contributed by atoms with van der Waals surface area (Å²) in [6.45, 7) is 2.29. The molecule has 0 aliphatic heterocycles. The molecule has 1 saturated carbocycles. The molecule has 0 radical (unpaired) electrons. The number of fused-ring (bicyclic) bond motifs is 1. The Morgan fingerprint density at radius 3 is 2.89 bits per heavy atom. The number of hydrogen-bond acceptors (Lipinski definition) is 1. The molecule has 1 N–H and O–H groups in total. The monoisotopic (exact) mass is 278 g/mol. The molecule has 1 aromatic heterocycles. The highest BCUT2D eigenvalue weighted by Crippen LogP contribution is 2.34. The molecule has 2 atom stereocenters. The fourth-order valence-electron chi connectivity index (χ4n) is 3.28. The molecule has 1 fully saturated rings. The third kappa shape index (κ3) is 2.34. The maximum Gasteiger partial charge on any atom is 0.178 e. The molecule has 1 aliphatic rings. The van der Waals surface area contributed by atoms with E-state index in [4.69, 9.17) is 12.2 Å². The van der Waals surface area contributed by atoms with Gasteiger partial charge in [0, 0.05) is 6.04 Å². The maximum absolute atomic E-state index is 13.5. The van der Waals surface area contributed by atoms with Crippen LogP contribution >= 0.6 is 12.2 Å². The van der Waals surface area contributed by atoms with Gasteiger partial charge in [-0.1, -0.05) is 26.2 Å². The van der Waals surface area contributed by atoms with E-state index in [1.807, 2.05) is 0 Å². The van der Waals surface area contributed by atoms with Crippen LogP contribution in [0.25, 0.3) is 11.0 Å². The smallest absolute Gasteiger partial charge is 0.178 e. The highest BCUT2D eigenvalue weighted by Gasteiger charge is 2.23. The SMILES string of the molecule is CC1CCCCCC1n1c(=S)[nH]c2ccc(F)cc21. The van der Waals surface area contributed by atoms with Crippen molar-refractivity contribution in [1.29, 1.82) is 0 Å². The predicted octanol–water partition coefficient (Wildman–Crippen LogP) is 4.98. The first kappa shape index (κ1) is 12.9. The van der Waals surface area contributed by atoms with Crippen molar-refractivity contribution in [1.82, 2.24) is 9.55 Å². The van der Waals surface area contributed by atoms with E-state index in [2.05, 4.69) is 16.5 Å². The van der Waals surface area contributed by atoms with Gasteiger partial charge in [-0.05, 0) is 49.2 Å². The molecule has 2 unspecified atom stereocenters. The van der Waals surface area contributed by atoms with Crippen molar-refractivity contribution in [2.75, 3.05) is 0 Å². The number of rotatable bonds is 1. The number of H-pyrrole nitrogens is 1. The summed E-state index contributed by atoms with van der Waals surface area (Å²) in [5.41, 5.74) is 1.84. The zero-order valence-electron chi connectivity index (χ0n) is 11.2. The van der Waals surface area contributed by atoms with Gasteiger partial charge in [-0.15, -0.1) is 0 Å². The second-order valence-electron chi connectivity index (χ2n) is 5.64. The first-order valence-electron chi connectivity index (χ1n) is 7.06. The van der Waals surface area contributed by atoms with E-state index < -0.39 is 0 Å². The van der Waals surface area contributed by atoms with Gasteiger partial charge in [0.15, 0.2) is 4.77 Å². The van der Waals surface area contributed by atoms with Crippen LogP contribution in [0.3, 0.4) is 0 Å². The number of aromatic amines is 1. The Morgan fingerprint density at radius 1 is 1.26 bits per heavy atom. The maximum atomic E-state index is 13.5. The van der Waals surface area contributed by atoms with E-state index >= 15 is 0 Å². The topological polar surface area (TPSA) is 20.7 Å². The summed E-state index contributed by atoms with van der Waals surface area (Å²) in [6.07, 6.45) is 6.19. The lowest BCUT2D eigenvalue weighted by molar-refractivity contribution is 0.338. The Labute approximate surface area is 117 Å². The molecule has 19 heavy (non-hydrogen) atoms. The molecule has 0 amide bonds. The number of imidazole rings is 1. The lowest BCUT2D eigenvalue weighted by Crippen LogP contribution is -2.16. The van der Waals surface area contributed by atoms with Crippen LogP contribution in [0.2, 0.25) is 0 Å². The fourth-order valence-corrected chi connectivity index (χ4v) is 3.62. The molecular weight excluding hydrogens is 259 g/mol. The Hall–Kier alpha value is -1.16. The van der Waals surface area contributed by atoms with Crippen LogP contribution in [0, 0.1) is 16.5 Å². The van der Waals surface area contributed by atoms with Gasteiger partial charge in [-0.25, -0.2) is 4.39 Å². The van der Waals surface area contributed by atoms with E-state index in [0.29, 0.717) is 12.0 Å². The molecule has 1 aliphatic carbocycles. The van der Waals surface area contributed by atoms with Crippen molar-refractivity contribution in [2.45, 2.75) is 45.1 Å².